The molecule has 0 bridgehead atoms. The van der Waals surface area contributed by atoms with Crippen molar-refractivity contribution in [2.45, 2.75) is 18.9 Å². The molecule has 1 atom stereocenters. The van der Waals surface area contributed by atoms with Gasteiger partial charge in [0.05, 0.1) is 25.3 Å². The van der Waals surface area contributed by atoms with Gasteiger partial charge in [-0.3, -0.25) is 9.59 Å². The minimum absolute atomic E-state index is 0.172. The largest absolute Gasteiger partial charge is 0.497 e. The smallest absolute Gasteiger partial charge is 0.251 e. The molecule has 1 heterocycles. The number of methoxy groups -OCH3 is 1. The number of halogens is 1. The molecule has 1 N–H and O–H groups in total. The Kier molecular flexibility index (Phi) is 5.36. The molecule has 1 fully saturated rings. The van der Waals surface area contributed by atoms with Gasteiger partial charge in [-0.05, 0) is 54.9 Å². The molecular formula is C19H19ClN2O3. The summed E-state index contributed by atoms with van der Waals surface area (Å²) < 4.78 is 5.10. The molecule has 0 aromatic heterocycles. The number of rotatable bonds is 6. The van der Waals surface area contributed by atoms with E-state index < -0.39 is 6.04 Å². The number of hydrogen-bond acceptors (Lipinski definition) is 4. The van der Waals surface area contributed by atoms with Gasteiger partial charge in [-0.2, -0.15) is 0 Å². The van der Waals surface area contributed by atoms with Crippen LogP contribution in [-0.4, -0.2) is 31.5 Å². The number of nitrogens with one attached hydrogen (secondary N) is 1. The zero-order valence-corrected chi connectivity index (χ0v) is 14.6. The summed E-state index contributed by atoms with van der Waals surface area (Å²) in [6.45, 7) is 0.613. The fourth-order valence-electron chi connectivity index (χ4n) is 2.84. The van der Waals surface area contributed by atoms with Crippen LogP contribution in [0.4, 0.5) is 5.69 Å². The SMILES string of the molecule is COc1ccc(N2C(=O)C[C@@H](NCCc3ccc(Cl)cc3)C2=O)cc1. The van der Waals surface area contributed by atoms with Crippen LogP contribution in [0.3, 0.4) is 0 Å². The number of hydrogen-bond donors (Lipinski definition) is 1. The zero-order valence-electron chi connectivity index (χ0n) is 13.9. The van der Waals surface area contributed by atoms with Crippen molar-refractivity contribution in [3.8, 4) is 5.75 Å². The zero-order chi connectivity index (χ0) is 17.8. The molecule has 0 spiro atoms. The summed E-state index contributed by atoms with van der Waals surface area (Å²) in [6, 6.07) is 14.0. The van der Waals surface area contributed by atoms with Crippen molar-refractivity contribution >= 4 is 29.1 Å². The minimum atomic E-state index is -0.484. The average Bonchev–Trinajstić information content (AvgIpc) is 2.90. The van der Waals surface area contributed by atoms with Gasteiger partial charge in [0.25, 0.3) is 5.91 Å². The van der Waals surface area contributed by atoms with Crippen molar-refractivity contribution in [3.05, 3.63) is 59.1 Å². The first kappa shape index (κ1) is 17.5. The molecular weight excluding hydrogens is 340 g/mol. The molecule has 25 heavy (non-hydrogen) atoms. The van der Waals surface area contributed by atoms with Crippen LogP contribution in [0, 0.1) is 0 Å². The molecule has 2 aromatic carbocycles. The van der Waals surface area contributed by atoms with E-state index in [4.69, 9.17) is 16.3 Å². The highest BCUT2D eigenvalue weighted by Crippen LogP contribution is 2.25. The Morgan fingerprint density at radius 2 is 1.80 bits per heavy atom. The monoisotopic (exact) mass is 358 g/mol. The molecule has 6 heteroatoms. The molecule has 3 rings (SSSR count). The molecule has 0 saturated carbocycles. The Morgan fingerprint density at radius 3 is 2.44 bits per heavy atom. The maximum absolute atomic E-state index is 12.6. The molecule has 1 aliphatic rings. The molecule has 0 radical (unpaired) electrons. The summed E-state index contributed by atoms with van der Waals surface area (Å²) in [4.78, 5) is 26.0. The summed E-state index contributed by atoms with van der Waals surface area (Å²) in [5, 5.41) is 3.88. The molecule has 2 amide bonds. The van der Waals surface area contributed by atoms with E-state index in [-0.39, 0.29) is 18.2 Å². The summed E-state index contributed by atoms with van der Waals surface area (Å²) in [7, 11) is 1.57. The number of anilines is 1. The van der Waals surface area contributed by atoms with Crippen molar-refractivity contribution in [2.24, 2.45) is 0 Å². The molecule has 2 aromatic rings. The van der Waals surface area contributed by atoms with E-state index in [9.17, 15) is 9.59 Å². The fraction of sp³-hybridized carbons (Fsp3) is 0.263. The van der Waals surface area contributed by atoms with E-state index in [1.807, 2.05) is 24.3 Å². The second-order valence-corrected chi connectivity index (χ2v) is 6.29. The highest BCUT2D eigenvalue weighted by atomic mass is 35.5. The number of nitrogens with zero attached hydrogens (tertiary/aromatic N) is 1. The van der Waals surface area contributed by atoms with Crippen LogP contribution in [-0.2, 0) is 16.0 Å². The van der Waals surface area contributed by atoms with Gasteiger partial charge in [0.1, 0.15) is 5.75 Å². The number of amides is 2. The molecule has 0 aliphatic carbocycles. The number of ether oxygens (including phenoxy) is 1. The first-order valence-electron chi connectivity index (χ1n) is 8.07. The Labute approximate surface area is 151 Å². The summed E-state index contributed by atoms with van der Waals surface area (Å²) in [6.07, 6.45) is 0.934. The van der Waals surface area contributed by atoms with Gasteiger partial charge in [0.15, 0.2) is 0 Å². The maximum atomic E-state index is 12.6. The van der Waals surface area contributed by atoms with Crippen molar-refractivity contribution in [3.63, 3.8) is 0 Å². The topological polar surface area (TPSA) is 58.6 Å². The Morgan fingerprint density at radius 1 is 1.12 bits per heavy atom. The van der Waals surface area contributed by atoms with Crippen LogP contribution in [0.1, 0.15) is 12.0 Å². The Balaban J connectivity index is 1.59. The van der Waals surface area contributed by atoms with Gasteiger partial charge in [-0.15, -0.1) is 0 Å². The minimum Gasteiger partial charge on any atom is -0.497 e. The van der Waals surface area contributed by atoms with Crippen LogP contribution in [0.25, 0.3) is 0 Å². The van der Waals surface area contributed by atoms with Crippen molar-refractivity contribution in [1.82, 2.24) is 5.32 Å². The third-order valence-electron chi connectivity index (χ3n) is 4.19. The predicted molar refractivity (Wildman–Crippen MR) is 97.1 cm³/mol. The summed E-state index contributed by atoms with van der Waals surface area (Å²) >= 11 is 5.87. The van der Waals surface area contributed by atoms with Gasteiger partial charge in [-0.1, -0.05) is 23.7 Å². The van der Waals surface area contributed by atoms with E-state index in [1.54, 1.807) is 31.4 Å². The van der Waals surface area contributed by atoms with Crippen molar-refractivity contribution < 1.29 is 14.3 Å². The van der Waals surface area contributed by atoms with Crippen LogP contribution in [0.2, 0.25) is 5.02 Å². The Bertz CT molecular complexity index is 759. The summed E-state index contributed by atoms with van der Waals surface area (Å²) in [5.74, 6) is 0.269. The van der Waals surface area contributed by atoms with Crippen LogP contribution < -0.4 is 15.0 Å². The fourth-order valence-corrected chi connectivity index (χ4v) is 2.96. The standard InChI is InChI=1S/C19H19ClN2O3/c1-25-16-8-6-15(7-9-16)22-18(23)12-17(19(22)24)21-11-10-13-2-4-14(20)5-3-13/h2-9,17,21H,10-12H2,1H3/t17-/m1/s1. The number of carbonyl (C=O) groups excluding carboxylic acids is 2. The normalized spacial score (nSPS) is 17.2. The number of benzene rings is 2. The Hall–Kier alpha value is -2.37. The molecule has 130 valence electrons. The lowest BCUT2D eigenvalue weighted by Crippen LogP contribution is -2.39. The van der Waals surface area contributed by atoms with E-state index in [2.05, 4.69) is 5.32 Å². The lowest BCUT2D eigenvalue weighted by atomic mass is 10.1. The van der Waals surface area contributed by atoms with E-state index in [0.717, 1.165) is 12.0 Å². The van der Waals surface area contributed by atoms with Crippen LogP contribution in [0.5, 0.6) is 5.75 Å². The van der Waals surface area contributed by atoms with Gasteiger partial charge in [0, 0.05) is 5.02 Å². The average molecular weight is 359 g/mol. The lowest BCUT2D eigenvalue weighted by Gasteiger charge is -2.16. The second-order valence-electron chi connectivity index (χ2n) is 5.85. The van der Waals surface area contributed by atoms with Gasteiger partial charge >= 0.3 is 0 Å². The van der Waals surface area contributed by atoms with Crippen LogP contribution >= 0.6 is 11.6 Å². The van der Waals surface area contributed by atoms with Gasteiger partial charge in [-0.25, -0.2) is 4.90 Å². The third kappa shape index (κ3) is 4.00. The van der Waals surface area contributed by atoms with Gasteiger partial charge in [0.2, 0.25) is 5.91 Å². The molecule has 1 aliphatic heterocycles. The summed E-state index contributed by atoms with van der Waals surface area (Å²) in [5.41, 5.74) is 1.69. The van der Waals surface area contributed by atoms with E-state index in [1.165, 1.54) is 4.90 Å². The molecule has 1 saturated heterocycles. The third-order valence-corrected chi connectivity index (χ3v) is 4.45. The highest BCUT2D eigenvalue weighted by Gasteiger charge is 2.39. The first-order chi connectivity index (χ1) is 12.1. The lowest BCUT2D eigenvalue weighted by molar-refractivity contribution is -0.121. The van der Waals surface area contributed by atoms with Gasteiger partial charge < -0.3 is 10.1 Å². The van der Waals surface area contributed by atoms with E-state index in [0.29, 0.717) is 23.0 Å². The predicted octanol–water partition coefficient (Wildman–Crippen LogP) is 2.81. The van der Waals surface area contributed by atoms with Crippen molar-refractivity contribution in [1.29, 1.82) is 0 Å². The highest BCUT2D eigenvalue weighted by molar-refractivity contribution is 6.30. The molecule has 0 unspecified atom stereocenters. The van der Waals surface area contributed by atoms with Crippen molar-refractivity contribution in [2.75, 3.05) is 18.6 Å². The number of carbonyl (C=O) groups is 2. The number of imide groups is 1. The first-order valence-corrected chi connectivity index (χ1v) is 8.45. The quantitative estimate of drug-likeness (QED) is 0.807. The molecule has 5 nitrogen and oxygen atoms in total. The maximum Gasteiger partial charge on any atom is 0.251 e. The van der Waals surface area contributed by atoms with Crippen LogP contribution in [0.15, 0.2) is 48.5 Å². The van der Waals surface area contributed by atoms with E-state index >= 15 is 0 Å². The second kappa shape index (κ2) is 7.68.